The summed E-state index contributed by atoms with van der Waals surface area (Å²) < 4.78 is 14.2. The van der Waals surface area contributed by atoms with Crippen LogP contribution in [0, 0.1) is 46.3 Å². The van der Waals surface area contributed by atoms with Gasteiger partial charge in [-0.15, -0.1) is 0 Å². The Hall–Kier alpha value is -0.386. The van der Waals surface area contributed by atoms with Crippen LogP contribution >= 0.6 is 0 Å². The van der Waals surface area contributed by atoms with Crippen LogP contribution in [0.25, 0.3) is 0 Å². The summed E-state index contributed by atoms with van der Waals surface area (Å²) in [5.41, 5.74) is 0.637. The van der Waals surface area contributed by atoms with E-state index in [2.05, 4.69) is 99.5 Å². The second-order valence-corrected chi connectivity index (χ2v) is 27.9. The Balaban J connectivity index is 1.49. The van der Waals surface area contributed by atoms with Crippen LogP contribution in [0.15, 0.2) is 11.6 Å². The first-order valence-corrected chi connectivity index (χ1v) is 22.8. The predicted molar refractivity (Wildman–Crippen MR) is 177 cm³/mol. The summed E-state index contributed by atoms with van der Waals surface area (Å²) in [4.78, 5) is 0. The fourth-order valence-electron chi connectivity index (χ4n) is 8.62. The van der Waals surface area contributed by atoms with Crippen LogP contribution in [-0.4, -0.2) is 39.6 Å². The van der Waals surface area contributed by atoms with Crippen LogP contribution in [0.3, 0.4) is 0 Å². The Kier molecular flexibility index (Phi) is 7.86. The first kappa shape index (κ1) is 32.0. The quantitative estimate of drug-likeness (QED) is 0.199. The van der Waals surface area contributed by atoms with Crippen LogP contribution in [0.5, 0.6) is 0 Å². The molecule has 8 atom stereocenters. The van der Waals surface area contributed by atoms with Crippen LogP contribution in [0.1, 0.15) is 113 Å². The maximum absolute atomic E-state index is 12.7. The molecule has 5 aliphatic carbocycles. The average molecular weight is 599 g/mol. The van der Waals surface area contributed by atoms with Crippen LogP contribution in [0.2, 0.25) is 36.3 Å². The Morgan fingerprint density at radius 2 is 1.41 bits per heavy atom. The van der Waals surface area contributed by atoms with E-state index in [1.54, 1.807) is 0 Å². The van der Waals surface area contributed by atoms with Crippen molar-refractivity contribution in [2.24, 2.45) is 34.5 Å². The normalized spacial score (nSPS) is 41.5. The van der Waals surface area contributed by atoms with Crippen molar-refractivity contribution in [2.75, 3.05) is 0 Å². The van der Waals surface area contributed by atoms with Gasteiger partial charge >= 0.3 is 0 Å². The average Bonchev–Trinajstić information content (AvgIpc) is 3.60. The third kappa shape index (κ3) is 5.54. The molecule has 5 rings (SSSR count). The number of rotatable bonds is 4. The Bertz CT molecular complexity index is 1110. The summed E-state index contributed by atoms with van der Waals surface area (Å²) >= 11 is 0. The molecule has 0 aromatic carbocycles. The molecule has 0 unspecified atom stereocenters. The molecule has 0 aliphatic heterocycles. The molecule has 0 radical (unpaired) electrons. The number of hydrogen-bond acceptors (Lipinski definition) is 3. The van der Waals surface area contributed by atoms with E-state index in [0.29, 0.717) is 23.9 Å². The highest BCUT2D eigenvalue weighted by Gasteiger charge is 2.65. The van der Waals surface area contributed by atoms with Gasteiger partial charge in [0.15, 0.2) is 16.6 Å². The molecule has 0 amide bonds. The molecule has 41 heavy (non-hydrogen) atoms. The summed E-state index contributed by atoms with van der Waals surface area (Å²) in [7, 11) is -3.75. The molecule has 0 spiro atoms. The molecule has 232 valence electrons. The zero-order valence-corrected chi connectivity index (χ0v) is 30.7. The molecule has 0 aromatic heterocycles. The van der Waals surface area contributed by atoms with Crippen molar-refractivity contribution in [1.82, 2.24) is 0 Å². The van der Waals surface area contributed by atoms with Crippen molar-refractivity contribution in [1.29, 1.82) is 0 Å². The molecular formula is C36H62O3Si2. The van der Waals surface area contributed by atoms with E-state index in [-0.39, 0.29) is 32.9 Å². The standard InChI is InChI=1S/C36H62O3Si2/c1-32(2,3)40(9,10)38-27-18-20-34(7)26(23-27)24-36(37,22-17-25-13-14-25)31-28-15-16-30(35(28,8)21-19-29(31)34)39-41(11,12)33(4,5)6/h24-25,27-31,37H,13-16,18-21,23H2,1-12H3/t27-,28-,29-,30-,31-,34-,35-,36-/m0/s1. The molecule has 0 heterocycles. The lowest BCUT2D eigenvalue weighted by Crippen LogP contribution is -2.60. The van der Waals surface area contributed by atoms with Gasteiger partial charge in [-0.05, 0) is 123 Å². The van der Waals surface area contributed by atoms with Crippen molar-refractivity contribution < 1.29 is 14.0 Å². The highest BCUT2D eigenvalue weighted by atomic mass is 28.4. The summed E-state index contributed by atoms with van der Waals surface area (Å²) in [5, 5.41) is 13.1. The van der Waals surface area contributed by atoms with Crippen molar-refractivity contribution in [2.45, 2.75) is 167 Å². The van der Waals surface area contributed by atoms with Crippen molar-refractivity contribution in [3.8, 4) is 11.8 Å². The number of aliphatic hydroxyl groups is 1. The minimum absolute atomic E-state index is 0.107. The van der Waals surface area contributed by atoms with E-state index in [4.69, 9.17) is 8.85 Å². The van der Waals surface area contributed by atoms with Crippen LogP contribution in [-0.2, 0) is 8.85 Å². The monoisotopic (exact) mass is 598 g/mol. The molecule has 5 heteroatoms. The SMILES string of the molecule is CC(C)(C)[Si](C)(C)O[C@H]1CC[C@@]2(C)C(=C[C@@](O)(C#CC3CC3)[C@H]3[C@@H]4CC[C@H](O[Si](C)(C)C(C)(C)C)[C@@]4(C)CC[C@@H]32)C1. The van der Waals surface area contributed by atoms with E-state index in [9.17, 15) is 5.11 Å². The van der Waals surface area contributed by atoms with Gasteiger partial charge in [-0.3, -0.25) is 0 Å². The lowest BCUT2D eigenvalue weighted by Gasteiger charge is -2.61. The van der Waals surface area contributed by atoms with E-state index < -0.39 is 22.2 Å². The molecule has 3 nitrogen and oxygen atoms in total. The van der Waals surface area contributed by atoms with Gasteiger partial charge in [0, 0.05) is 17.9 Å². The second-order valence-electron chi connectivity index (χ2n) is 18.4. The summed E-state index contributed by atoms with van der Waals surface area (Å²) in [6.07, 6.45) is 13.1. The highest BCUT2D eigenvalue weighted by molar-refractivity contribution is 6.74. The van der Waals surface area contributed by atoms with E-state index >= 15 is 0 Å². The van der Waals surface area contributed by atoms with E-state index in [1.807, 2.05) is 0 Å². The molecular weight excluding hydrogens is 537 g/mol. The summed E-state index contributed by atoms with van der Waals surface area (Å²) in [6.45, 7) is 28.7. The third-order valence-corrected chi connectivity index (χ3v) is 22.7. The maximum atomic E-state index is 12.7. The first-order chi connectivity index (χ1) is 18.6. The van der Waals surface area contributed by atoms with Gasteiger partial charge in [0.05, 0.1) is 6.10 Å². The smallest absolute Gasteiger partial charge is 0.192 e. The number of hydrogen-bond donors (Lipinski definition) is 1. The molecule has 0 saturated heterocycles. The molecule has 4 fully saturated rings. The molecule has 0 bridgehead atoms. The summed E-state index contributed by atoms with van der Waals surface area (Å²) in [6, 6.07) is 0. The predicted octanol–water partition coefficient (Wildman–Crippen LogP) is 9.48. The van der Waals surface area contributed by atoms with E-state index in [1.165, 1.54) is 37.7 Å². The third-order valence-electron chi connectivity index (χ3n) is 13.6. The maximum Gasteiger partial charge on any atom is 0.192 e. The van der Waals surface area contributed by atoms with Gasteiger partial charge in [-0.1, -0.05) is 72.8 Å². The van der Waals surface area contributed by atoms with Crippen LogP contribution in [0.4, 0.5) is 0 Å². The molecule has 0 aromatic rings. The van der Waals surface area contributed by atoms with Crippen molar-refractivity contribution in [3.05, 3.63) is 11.6 Å². The van der Waals surface area contributed by atoms with Gasteiger partial charge in [-0.2, -0.15) is 0 Å². The minimum atomic E-state index is -1.89. The van der Waals surface area contributed by atoms with Gasteiger partial charge in [0.1, 0.15) is 5.60 Å². The van der Waals surface area contributed by atoms with Crippen LogP contribution < -0.4 is 0 Å². The largest absolute Gasteiger partial charge is 0.414 e. The zero-order chi connectivity index (χ0) is 30.4. The molecule has 5 aliphatic rings. The fraction of sp³-hybridized carbons (Fsp3) is 0.889. The Labute approximate surface area is 255 Å². The lowest BCUT2D eigenvalue weighted by atomic mass is 9.45. The summed E-state index contributed by atoms with van der Waals surface area (Å²) in [5.74, 6) is 8.72. The molecule has 1 N–H and O–H groups in total. The van der Waals surface area contributed by atoms with Crippen molar-refractivity contribution in [3.63, 3.8) is 0 Å². The lowest BCUT2D eigenvalue weighted by molar-refractivity contribution is -0.123. The fourth-order valence-corrected chi connectivity index (χ4v) is 11.5. The molecule has 4 saturated carbocycles. The Morgan fingerprint density at radius 1 is 0.805 bits per heavy atom. The van der Waals surface area contributed by atoms with E-state index in [0.717, 1.165) is 25.7 Å². The first-order valence-electron chi connectivity index (χ1n) is 17.0. The highest BCUT2D eigenvalue weighted by Crippen LogP contribution is 2.67. The number of fused-ring (bicyclic) bond motifs is 5. The van der Waals surface area contributed by atoms with Gasteiger partial charge in [0.25, 0.3) is 0 Å². The Morgan fingerprint density at radius 3 is 2.00 bits per heavy atom. The van der Waals surface area contributed by atoms with Gasteiger partial charge < -0.3 is 14.0 Å². The van der Waals surface area contributed by atoms with Gasteiger partial charge in [-0.25, -0.2) is 0 Å². The van der Waals surface area contributed by atoms with Gasteiger partial charge in [0.2, 0.25) is 0 Å². The topological polar surface area (TPSA) is 38.7 Å². The zero-order valence-electron chi connectivity index (χ0n) is 28.7. The second kappa shape index (κ2) is 10.1. The minimum Gasteiger partial charge on any atom is -0.414 e. The van der Waals surface area contributed by atoms with Crippen molar-refractivity contribution >= 4 is 16.6 Å².